The minimum atomic E-state index is -0.562. The molecule has 6 heteroatoms. The van der Waals surface area contributed by atoms with E-state index in [0.29, 0.717) is 11.1 Å². The van der Waals surface area contributed by atoms with Gasteiger partial charge in [0, 0.05) is 15.7 Å². The summed E-state index contributed by atoms with van der Waals surface area (Å²) in [5, 5.41) is 10.8. The molecular weight excluding hydrogens is 385 g/mol. The van der Waals surface area contributed by atoms with E-state index in [0.717, 1.165) is 3.57 Å². The number of hydrogen-bond donors (Lipinski definition) is 0. The number of carbonyl (C=O) groups is 1. The summed E-state index contributed by atoms with van der Waals surface area (Å²) in [4.78, 5) is 22.4. The zero-order valence-electron chi connectivity index (χ0n) is 11.2. The summed E-state index contributed by atoms with van der Waals surface area (Å²) in [6, 6.07) is 13.2. The number of esters is 1. The zero-order valence-corrected chi connectivity index (χ0v) is 13.3. The lowest BCUT2D eigenvalue weighted by molar-refractivity contribution is -0.385. The highest BCUT2D eigenvalue weighted by Crippen LogP contribution is 2.23. The Bertz CT molecular complexity index is 687. The van der Waals surface area contributed by atoms with Crippen LogP contribution >= 0.6 is 22.6 Å². The van der Waals surface area contributed by atoms with Crippen molar-refractivity contribution in [1.82, 2.24) is 0 Å². The van der Waals surface area contributed by atoms with Crippen molar-refractivity contribution >= 4 is 34.2 Å². The van der Waals surface area contributed by atoms with Crippen LogP contribution in [0.3, 0.4) is 0 Å². The van der Waals surface area contributed by atoms with E-state index in [4.69, 9.17) is 4.74 Å². The lowest BCUT2D eigenvalue weighted by Gasteiger charge is -2.14. The van der Waals surface area contributed by atoms with Crippen LogP contribution in [-0.4, -0.2) is 10.9 Å². The van der Waals surface area contributed by atoms with E-state index < -0.39 is 17.0 Å². The van der Waals surface area contributed by atoms with Gasteiger partial charge in [0.05, 0.1) is 10.5 Å². The maximum atomic E-state index is 12.1. The van der Waals surface area contributed by atoms with E-state index >= 15 is 0 Å². The van der Waals surface area contributed by atoms with E-state index in [9.17, 15) is 14.9 Å². The Morgan fingerprint density at radius 3 is 2.62 bits per heavy atom. The summed E-state index contributed by atoms with van der Waals surface area (Å²) < 4.78 is 6.17. The average molecular weight is 397 g/mol. The van der Waals surface area contributed by atoms with Gasteiger partial charge in [-0.15, -0.1) is 0 Å². The lowest BCUT2D eigenvalue weighted by atomic mass is 10.1. The molecule has 0 saturated heterocycles. The fraction of sp³-hybridized carbons (Fsp3) is 0.133. The van der Waals surface area contributed by atoms with Crippen molar-refractivity contribution in [2.75, 3.05) is 0 Å². The Morgan fingerprint density at radius 2 is 1.95 bits per heavy atom. The molecule has 0 heterocycles. The second kappa shape index (κ2) is 6.66. The van der Waals surface area contributed by atoms with Gasteiger partial charge in [0.1, 0.15) is 6.10 Å². The summed E-state index contributed by atoms with van der Waals surface area (Å²) >= 11 is 2.06. The highest BCUT2D eigenvalue weighted by atomic mass is 127. The van der Waals surface area contributed by atoms with Crippen LogP contribution in [0.5, 0.6) is 0 Å². The molecule has 0 unspecified atom stereocenters. The molecule has 0 amide bonds. The molecule has 0 aliphatic rings. The third-order valence-electron chi connectivity index (χ3n) is 2.93. The quantitative estimate of drug-likeness (QED) is 0.337. The average Bonchev–Trinajstić information content (AvgIpc) is 2.47. The normalized spacial score (nSPS) is 11.7. The Morgan fingerprint density at radius 1 is 1.24 bits per heavy atom. The molecule has 0 radical (unpaired) electrons. The van der Waals surface area contributed by atoms with Crippen molar-refractivity contribution in [2.45, 2.75) is 13.0 Å². The first-order valence-corrected chi connectivity index (χ1v) is 7.27. The molecule has 108 valence electrons. The fourth-order valence-corrected chi connectivity index (χ4v) is 2.42. The van der Waals surface area contributed by atoms with Crippen LogP contribution in [-0.2, 0) is 4.74 Å². The van der Waals surface area contributed by atoms with E-state index in [2.05, 4.69) is 22.6 Å². The summed E-state index contributed by atoms with van der Waals surface area (Å²) in [5.74, 6) is -0.445. The Hall–Kier alpha value is -1.96. The molecule has 0 saturated carbocycles. The lowest BCUT2D eigenvalue weighted by Crippen LogP contribution is -2.10. The largest absolute Gasteiger partial charge is 0.454 e. The fourth-order valence-electron chi connectivity index (χ4n) is 1.81. The SMILES string of the molecule is C[C@H](OC(=O)c1ccccc1I)c1cccc([N+](=O)[O-])c1. The molecule has 0 fully saturated rings. The zero-order chi connectivity index (χ0) is 15.4. The van der Waals surface area contributed by atoms with Crippen LogP contribution in [0, 0.1) is 13.7 Å². The van der Waals surface area contributed by atoms with E-state index in [-0.39, 0.29) is 5.69 Å². The summed E-state index contributed by atoms with van der Waals surface area (Å²) in [5.41, 5.74) is 1.04. The van der Waals surface area contributed by atoms with Gasteiger partial charge >= 0.3 is 5.97 Å². The predicted molar refractivity (Wildman–Crippen MR) is 86.1 cm³/mol. The van der Waals surface area contributed by atoms with Crippen LogP contribution in [0.4, 0.5) is 5.69 Å². The molecule has 2 aromatic carbocycles. The number of ether oxygens (including phenoxy) is 1. The van der Waals surface area contributed by atoms with E-state index in [1.807, 2.05) is 12.1 Å². The van der Waals surface area contributed by atoms with Gasteiger partial charge in [-0.05, 0) is 47.2 Å². The van der Waals surface area contributed by atoms with Crippen LogP contribution in [0.1, 0.15) is 28.9 Å². The van der Waals surface area contributed by atoms with Gasteiger partial charge in [0.2, 0.25) is 0 Å². The Labute approximate surface area is 135 Å². The van der Waals surface area contributed by atoms with Gasteiger partial charge in [-0.3, -0.25) is 10.1 Å². The number of carbonyl (C=O) groups excluding carboxylic acids is 1. The maximum Gasteiger partial charge on any atom is 0.339 e. The second-order valence-electron chi connectivity index (χ2n) is 4.38. The first kappa shape index (κ1) is 15.4. The van der Waals surface area contributed by atoms with Crippen molar-refractivity contribution < 1.29 is 14.5 Å². The maximum absolute atomic E-state index is 12.1. The molecule has 0 bridgehead atoms. The van der Waals surface area contributed by atoms with Gasteiger partial charge in [-0.1, -0.05) is 24.3 Å². The monoisotopic (exact) mass is 397 g/mol. The summed E-state index contributed by atoms with van der Waals surface area (Å²) in [7, 11) is 0. The highest BCUT2D eigenvalue weighted by Gasteiger charge is 2.17. The molecule has 0 N–H and O–H groups in total. The topological polar surface area (TPSA) is 69.4 Å². The molecular formula is C15H12INO4. The molecule has 2 aromatic rings. The number of hydrogen-bond acceptors (Lipinski definition) is 4. The molecule has 0 spiro atoms. The van der Waals surface area contributed by atoms with E-state index in [1.54, 1.807) is 31.2 Å². The van der Waals surface area contributed by atoms with Crippen LogP contribution < -0.4 is 0 Å². The van der Waals surface area contributed by atoms with Crippen molar-refractivity contribution in [3.05, 3.63) is 73.3 Å². The first-order chi connectivity index (χ1) is 9.99. The van der Waals surface area contributed by atoms with Crippen molar-refractivity contribution in [1.29, 1.82) is 0 Å². The third kappa shape index (κ3) is 3.78. The Balaban J connectivity index is 2.16. The molecule has 1 atom stereocenters. The number of rotatable bonds is 4. The van der Waals surface area contributed by atoms with Gasteiger partial charge in [0.25, 0.3) is 5.69 Å². The number of non-ortho nitro benzene ring substituents is 1. The number of nitrogens with zero attached hydrogens (tertiary/aromatic N) is 1. The van der Waals surface area contributed by atoms with Crippen molar-refractivity contribution in [3.63, 3.8) is 0 Å². The number of nitro benzene ring substituents is 1. The molecule has 0 aliphatic carbocycles. The number of benzene rings is 2. The highest BCUT2D eigenvalue weighted by molar-refractivity contribution is 14.1. The molecule has 0 aliphatic heterocycles. The molecule has 2 rings (SSSR count). The Kier molecular flexibility index (Phi) is 4.89. The van der Waals surface area contributed by atoms with Crippen LogP contribution in [0.15, 0.2) is 48.5 Å². The third-order valence-corrected chi connectivity index (χ3v) is 3.87. The van der Waals surface area contributed by atoms with Crippen LogP contribution in [0.25, 0.3) is 0 Å². The summed E-state index contributed by atoms with van der Waals surface area (Å²) in [6.45, 7) is 1.69. The minimum Gasteiger partial charge on any atom is -0.454 e. The summed E-state index contributed by atoms with van der Waals surface area (Å²) in [6.07, 6.45) is -0.562. The number of halogens is 1. The first-order valence-electron chi connectivity index (χ1n) is 6.19. The van der Waals surface area contributed by atoms with Gasteiger partial charge < -0.3 is 4.74 Å². The number of nitro groups is 1. The van der Waals surface area contributed by atoms with Crippen molar-refractivity contribution in [2.24, 2.45) is 0 Å². The standard InChI is InChI=1S/C15H12INO4/c1-10(11-5-4-6-12(9-11)17(19)20)21-15(18)13-7-2-3-8-14(13)16/h2-10H,1H3/t10-/m0/s1. The second-order valence-corrected chi connectivity index (χ2v) is 5.54. The van der Waals surface area contributed by atoms with E-state index in [1.165, 1.54) is 12.1 Å². The van der Waals surface area contributed by atoms with Crippen LogP contribution in [0.2, 0.25) is 0 Å². The minimum absolute atomic E-state index is 0.0234. The molecule has 0 aromatic heterocycles. The van der Waals surface area contributed by atoms with Gasteiger partial charge in [-0.2, -0.15) is 0 Å². The molecule has 5 nitrogen and oxygen atoms in total. The smallest absolute Gasteiger partial charge is 0.339 e. The predicted octanol–water partition coefficient (Wildman–Crippen LogP) is 4.12. The van der Waals surface area contributed by atoms with Gasteiger partial charge in [-0.25, -0.2) is 4.79 Å². The van der Waals surface area contributed by atoms with Gasteiger partial charge in [0.15, 0.2) is 0 Å². The molecule has 21 heavy (non-hydrogen) atoms. The van der Waals surface area contributed by atoms with Crippen molar-refractivity contribution in [3.8, 4) is 0 Å².